The Morgan fingerprint density at radius 1 is 1.06 bits per heavy atom. The van der Waals surface area contributed by atoms with Gasteiger partial charge in [0.2, 0.25) is 0 Å². The number of amides is 1. The van der Waals surface area contributed by atoms with E-state index in [2.05, 4.69) is 4.98 Å². The molecule has 7 heteroatoms. The molecule has 0 fully saturated rings. The molecule has 7 nitrogen and oxygen atoms in total. The van der Waals surface area contributed by atoms with E-state index >= 15 is 0 Å². The number of pyridine rings is 1. The number of fused-ring (bicyclic) bond motifs is 2. The van der Waals surface area contributed by atoms with Gasteiger partial charge in [-0.25, -0.2) is 9.78 Å². The van der Waals surface area contributed by atoms with Gasteiger partial charge in [-0.3, -0.25) is 4.79 Å². The maximum absolute atomic E-state index is 13.6. The van der Waals surface area contributed by atoms with Crippen LogP contribution in [0.4, 0.5) is 5.69 Å². The third-order valence-corrected chi connectivity index (χ3v) is 5.30. The van der Waals surface area contributed by atoms with Crippen molar-refractivity contribution in [3.05, 3.63) is 107 Å². The van der Waals surface area contributed by atoms with Crippen LogP contribution < -0.4 is 15.3 Å². The Balaban J connectivity index is 1.61. The number of benzene rings is 2. The quantitative estimate of drug-likeness (QED) is 0.393. The first-order valence-electron chi connectivity index (χ1n) is 10.0. The van der Waals surface area contributed by atoms with E-state index in [9.17, 15) is 9.59 Å². The molecular weight excluding hydrogens is 406 g/mol. The maximum atomic E-state index is 13.6. The van der Waals surface area contributed by atoms with Crippen LogP contribution in [-0.4, -0.2) is 22.4 Å². The van der Waals surface area contributed by atoms with Gasteiger partial charge in [0.25, 0.3) is 5.91 Å². The molecule has 0 N–H and O–H groups in total. The van der Waals surface area contributed by atoms with E-state index in [0.29, 0.717) is 22.4 Å². The summed E-state index contributed by atoms with van der Waals surface area (Å²) < 4.78 is 12.7. The molecule has 2 aromatic carbocycles. The average molecular weight is 425 g/mol. The van der Waals surface area contributed by atoms with Crippen LogP contribution in [0.2, 0.25) is 0 Å². The van der Waals surface area contributed by atoms with Gasteiger partial charge in [0.05, 0.1) is 25.5 Å². The van der Waals surface area contributed by atoms with Crippen molar-refractivity contribution in [2.24, 2.45) is 0 Å². The second kappa shape index (κ2) is 8.03. The normalized spacial score (nSPS) is 11.0. The molecule has 0 radical (unpaired) electrons. The Bertz CT molecular complexity index is 1490. The fraction of sp³-hybridized carbons (Fsp3) is 0.0800. The fourth-order valence-corrected chi connectivity index (χ4v) is 3.73. The number of nitrogens with zero attached hydrogens (tertiary/aromatic N) is 3. The topological polar surface area (TPSA) is 77.1 Å². The van der Waals surface area contributed by atoms with Gasteiger partial charge in [-0.2, -0.15) is 0 Å². The van der Waals surface area contributed by atoms with Crippen LogP contribution >= 0.6 is 0 Å². The molecule has 0 aliphatic rings. The lowest BCUT2D eigenvalue weighted by atomic mass is 10.1. The summed E-state index contributed by atoms with van der Waals surface area (Å²) in [4.78, 5) is 32.4. The van der Waals surface area contributed by atoms with Gasteiger partial charge in [-0.1, -0.05) is 36.4 Å². The maximum Gasteiger partial charge on any atom is 0.349 e. The molecule has 3 aromatic heterocycles. The summed E-state index contributed by atoms with van der Waals surface area (Å²) in [6.07, 6.45) is 3.62. The molecule has 0 unspecified atom stereocenters. The highest BCUT2D eigenvalue weighted by atomic mass is 16.5. The number of hydrogen-bond acceptors (Lipinski definition) is 5. The Labute approximate surface area is 183 Å². The highest BCUT2D eigenvalue weighted by Crippen LogP contribution is 2.26. The summed E-state index contributed by atoms with van der Waals surface area (Å²) >= 11 is 0. The Morgan fingerprint density at radius 3 is 2.69 bits per heavy atom. The molecule has 0 saturated carbocycles. The molecule has 0 spiro atoms. The predicted molar refractivity (Wildman–Crippen MR) is 121 cm³/mol. The standard InChI is InChI=1S/C25H19N3O4/c1-31-21-11-7-8-17-14-20(25(30)32-23(17)21)24(29)28(18-9-3-2-4-10-18)16-19-15-26-22-12-5-6-13-27(19)22/h2-15H,16H2,1H3. The number of rotatable bonds is 5. The lowest BCUT2D eigenvalue weighted by Crippen LogP contribution is -2.34. The van der Waals surface area contributed by atoms with Gasteiger partial charge in [0, 0.05) is 17.3 Å². The summed E-state index contributed by atoms with van der Waals surface area (Å²) in [5, 5.41) is 0.607. The Hall–Kier alpha value is -4.39. The van der Waals surface area contributed by atoms with E-state index in [1.165, 1.54) is 7.11 Å². The molecular formula is C25H19N3O4. The molecule has 32 heavy (non-hydrogen) atoms. The summed E-state index contributed by atoms with van der Waals surface area (Å²) in [6, 6.07) is 21.7. The first-order chi connectivity index (χ1) is 15.7. The lowest BCUT2D eigenvalue weighted by molar-refractivity contribution is 0.0981. The van der Waals surface area contributed by atoms with Crippen LogP contribution in [0.1, 0.15) is 16.1 Å². The van der Waals surface area contributed by atoms with E-state index in [4.69, 9.17) is 9.15 Å². The number of aromatic nitrogens is 2. The molecule has 5 rings (SSSR count). The SMILES string of the molecule is COc1cccc2cc(C(=O)N(Cc3cnc4ccccn34)c3ccccc3)c(=O)oc12. The zero-order chi connectivity index (χ0) is 22.1. The van der Waals surface area contributed by atoms with Gasteiger partial charge in [-0.05, 0) is 36.4 Å². The lowest BCUT2D eigenvalue weighted by Gasteiger charge is -2.22. The first-order valence-corrected chi connectivity index (χ1v) is 10.0. The minimum Gasteiger partial charge on any atom is -0.493 e. The number of imidazole rings is 1. The number of carbonyl (C=O) groups is 1. The number of carbonyl (C=O) groups excluding carboxylic acids is 1. The van der Waals surface area contributed by atoms with Crippen molar-refractivity contribution >= 4 is 28.2 Å². The van der Waals surface area contributed by atoms with Crippen LogP contribution in [0.3, 0.4) is 0 Å². The average Bonchev–Trinajstić information content (AvgIpc) is 3.25. The minimum absolute atomic E-state index is 0.0524. The largest absolute Gasteiger partial charge is 0.493 e. The van der Waals surface area contributed by atoms with Crippen LogP contribution in [0.5, 0.6) is 5.75 Å². The van der Waals surface area contributed by atoms with Crippen molar-refractivity contribution in [2.45, 2.75) is 6.54 Å². The summed E-state index contributed by atoms with van der Waals surface area (Å²) in [5.74, 6) is -0.0233. The van der Waals surface area contributed by atoms with Gasteiger partial charge in [-0.15, -0.1) is 0 Å². The second-order valence-corrected chi connectivity index (χ2v) is 7.23. The van der Waals surface area contributed by atoms with Crippen molar-refractivity contribution in [3.8, 4) is 5.75 Å². The summed E-state index contributed by atoms with van der Waals surface area (Å²) in [5.41, 5.74) is 1.79. The zero-order valence-corrected chi connectivity index (χ0v) is 17.3. The van der Waals surface area contributed by atoms with Crippen LogP contribution in [0, 0.1) is 0 Å². The van der Waals surface area contributed by atoms with Gasteiger partial charge < -0.3 is 18.5 Å². The third kappa shape index (κ3) is 3.39. The van der Waals surface area contributed by atoms with Crippen LogP contribution in [0.25, 0.3) is 16.6 Å². The fourth-order valence-electron chi connectivity index (χ4n) is 3.73. The van der Waals surface area contributed by atoms with Crippen LogP contribution in [-0.2, 0) is 6.54 Å². The number of para-hydroxylation sites is 2. The molecule has 0 bridgehead atoms. The number of anilines is 1. The number of ether oxygens (including phenoxy) is 1. The van der Waals surface area contributed by atoms with E-state index in [1.807, 2.05) is 59.1 Å². The molecule has 1 amide bonds. The predicted octanol–water partition coefficient (Wildman–Crippen LogP) is 4.30. The molecule has 0 atom stereocenters. The van der Waals surface area contributed by atoms with Crippen molar-refractivity contribution in [2.75, 3.05) is 12.0 Å². The van der Waals surface area contributed by atoms with Gasteiger partial charge >= 0.3 is 5.63 Å². The molecule has 0 aliphatic carbocycles. The highest BCUT2D eigenvalue weighted by molar-refractivity contribution is 6.07. The van der Waals surface area contributed by atoms with E-state index < -0.39 is 11.5 Å². The van der Waals surface area contributed by atoms with Gasteiger partial charge in [0.15, 0.2) is 11.3 Å². The van der Waals surface area contributed by atoms with Crippen molar-refractivity contribution < 1.29 is 13.9 Å². The molecule has 5 aromatic rings. The highest BCUT2D eigenvalue weighted by Gasteiger charge is 2.24. The van der Waals surface area contributed by atoms with Crippen molar-refractivity contribution in [1.29, 1.82) is 0 Å². The number of hydrogen-bond donors (Lipinski definition) is 0. The zero-order valence-electron chi connectivity index (χ0n) is 17.3. The minimum atomic E-state index is -0.717. The third-order valence-electron chi connectivity index (χ3n) is 5.30. The van der Waals surface area contributed by atoms with E-state index in [1.54, 1.807) is 35.4 Å². The molecule has 3 heterocycles. The monoisotopic (exact) mass is 425 g/mol. The van der Waals surface area contributed by atoms with Crippen LogP contribution in [0.15, 0.2) is 94.4 Å². The second-order valence-electron chi connectivity index (χ2n) is 7.23. The van der Waals surface area contributed by atoms with E-state index in [0.717, 1.165) is 11.3 Å². The van der Waals surface area contributed by atoms with Crippen molar-refractivity contribution in [1.82, 2.24) is 9.38 Å². The Morgan fingerprint density at radius 2 is 1.88 bits per heavy atom. The summed E-state index contributed by atoms with van der Waals surface area (Å²) in [7, 11) is 1.50. The van der Waals surface area contributed by atoms with Crippen molar-refractivity contribution in [3.63, 3.8) is 0 Å². The first kappa shape index (κ1) is 19.6. The summed E-state index contributed by atoms with van der Waals surface area (Å²) in [6.45, 7) is 0.226. The molecule has 0 saturated heterocycles. The Kier molecular flexibility index (Phi) is 4.91. The van der Waals surface area contributed by atoms with E-state index in [-0.39, 0.29) is 12.1 Å². The molecule has 158 valence electrons. The smallest absolute Gasteiger partial charge is 0.349 e. The molecule has 0 aliphatic heterocycles. The van der Waals surface area contributed by atoms with Gasteiger partial charge in [0.1, 0.15) is 11.2 Å². The number of methoxy groups -OCH3 is 1.